The van der Waals surface area contributed by atoms with Crippen LogP contribution >= 0.6 is 11.3 Å². The van der Waals surface area contributed by atoms with Gasteiger partial charge in [-0.3, -0.25) is 9.59 Å². The summed E-state index contributed by atoms with van der Waals surface area (Å²) in [6.45, 7) is 5.20. The molecule has 0 saturated heterocycles. The molecule has 1 heterocycles. The molecule has 106 valence electrons. The van der Waals surface area contributed by atoms with Gasteiger partial charge in [-0.15, -0.1) is 11.3 Å². The Labute approximate surface area is 121 Å². The van der Waals surface area contributed by atoms with Crippen LogP contribution in [0.1, 0.15) is 29.1 Å². The number of fused-ring (bicyclic) bond motifs is 1. The Morgan fingerprint density at radius 1 is 1.30 bits per heavy atom. The zero-order valence-corrected chi connectivity index (χ0v) is 12.5. The van der Waals surface area contributed by atoms with Crippen molar-refractivity contribution in [2.75, 3.05) is 6.54 Å². The molecular formula is C15H17NO3S. The smallest absolute Gasteiger partial charge is 0.310 e. The van der Waals surface area contributed by atoms with Crippen LogP contribution < -0.4 is 5.32 Å². The molecule has 0 atom stereocenters. The van der Waals surface area contributed by atoms with Crippen molar-refractivity contribution in [2.45, 2.75) is 20.8 Å². The number of nitrogens with one attached hydrogen (secondary N) is 1. The van der Waals surface area contributed by atoms with E-state index in [4.69, 9.17) is 5.11 Å². The number of hydrogen-bond donors (Lipinski definition) is 2. The molecule has 1 aromatic heterocycles. The van der Waals surface area contributed by atoms with E-state index in [-0.39, 0.29) is 12.5 Å². The lowest BCUT2D eigenvalue weighted by atomic mass is 9.94. The number of thiophene rings is 1. The van der Waals surface area contributed by atoms with E-state index in [0.29, 0.717) is 4.88 Å². The number of carboxylic acid groups (broad SMARTS) is 1. The minimum Gasteiger partial charge on any atom is -0.481 e. The first-order valence-corrected chi connectivity index (χ1v) is 7.14. The molecule has 5 heteroatoms. The molecule has 0 aliphatic rings. The molecule has 2 rings (SSSR count). The van der Waals surface area contributed by atoms with Crippen LogP contribution in [0.4, 0.5) is 0 Å². The highest BCUT2D eigenvalue weighted by molar-refractivity contribution is 7.21. The lowest BCUT2D eigenvalue weighted by Crippen LogP contribution is -2.38. The number of carbonyl (C=O) groups is 2. The molecule has 0 unspecified atom stereocenters. The first-order valence-electron chi connectivity index (χ1n) is 6.32. The van der Waals surface area contributed by atoms with Gasteiger partial charge in [0, 0.05) is 11.2 Å². The maximum Gasteiger partial charge on any atom is 0.310 e. The van der Waals surface area contributed by atoms with Crippen molar-refractivity contribution in [3.63, 3.8) is 0 Å². The van der Waals surface area contributed by atoms with Crippen molar-refractivity contribution in [3.05, 3.63) is 34.7 Å². The lowest BCUT2D eigenvalue weighted by molar-refractivity contribution is -0.146. The minimum absolute atomic E-state index is 0.106. The molecule has 0 bridgehead atoms. The van der Waals surface area contributed by atoms with Crippen molar-refractivity contribution in [1.82, 2.24) is 5.32 Å². The van der Waals surface area contributed by atoms with Gasteiger partial charge in [-0.05, 0) is 37.8 Å². The Morgan fingerprint density at radius 3 is 2.55 bits per heavy atom. The van der Waals surface area contributed by atoms with E-state index in [0.717, 1.165) is 15.6 Å². The van der Waals surface area contributed by atoms with Crippen LogP contribution in [0.15, 0.2) is 24.3 Å². The van der Waals surface area contributed by atoms with Crippen molar-refractivity contribution in [2.24, 2.45) is 5.41 Å². The average Bonchev–Trinajstić information content (AvgIpc) is 2.74. The Bertz CT molecular complexity index is 673. The normalized spacial score (nSPS) is 11.6. The number of carbonyl (C=O) groups excluding carboxylic acids is 1. The summed E-state index contributed by atoms with van der Waals surface area (Å²) in [5.74, 6) is -1.14. The van der Waals surface area contributed by atoms with Gasteiger partial charge in [0.15, 0.2) is 0 Å². The molecular weight excluding hydrogens is 274 g/mol. The van der Waals surface area contributed by atoms with Gasteiger partial charge in [-0.2, -0.15) is 0 Å². The maximum atomic E-state index is 12.2. The van der Waals surface area contributed by atoms with Gasteiger partial charge in [-0.25, -0.2) is 0 Å². The third kappa shape index (κ3) is 2.67. The average molecular weight is 291 g/mol. The van der Waals surface area contributed by atoms with E-state index in [9.17, 15) is 9.59 Å². The van der Waals surface area contributed by atoms with Crippen LogP contribution in [0.5, 0.6) is 0 Å². The number of carboxylic acids is 1. The van der Waals surface area contributed by atoms with Gasteiger partial charge >= 0.3 is 5.97 Å². The number of benzene rings is 1. The fourth-order valence-electron chi connectivity index (χ4n) is 1.85. The van der Waals surface area contributed by atoms with Gasteiger partial charge in [0.25, 0.3) is 5.91 Å². The van der Waals surface area contributed by atoms with E-state index in [2.05, 4.69) is 5.32 Å². The molecule has 0 radical (unpaired) electrons. The van der Waals surface area contributed by atoms with Gasteiger partial charge < -0.3 is 10.4 Å². The van der Waals surface area contributed by atoms with E-state index in [1.54, 1.807) is 13.8 Å². The van der Waals surface area contributed by atoms with Gasteiger partial charge in [0.2, 0.25) is 0 Å². The third-order valence-corrected chi connectivity index (χ3v) is 4.59. The molecule has 1 aromatic carbocycles. The Kier molecular flexibility index (Phi) is 3.81. The summed E-state index contributed by atoms with van der Waals surface area (Å²) < 4.78 is 1.06. The molecule has 0 spiro atoms. The molecule has 4 nitrogen and oxygen atoms in total. The maximum absolute atomic E-state index is 12.2. The highest BCUT2D eigenvalue weighted by Gasteiger charge is 2.28. The lowest BCUT2D eigenvalue weighted by Gasteiger charge is -2.19. The van der Waals surface area contributed by atoms with Crippen LogP contribution in [0.3, 0.4) is 0 Å². The summed E-state index contributed by atoms with van der Waals surface area (Å²) in [6.07, 6.45) is 0. The number of aryl methyl sites for hydroxylation is 1. The molecule has 20 heavy (non-hydrogen) atoms. The first-order chi connectivity index (χ1) is 9.33. The number of rotatable bonds is 4. The number of amides is 1. The van der Waals surface area contributed by atoms with Crippen LogP contribution in [0.25, 0.3) is 10.1 Å². The van der Waals surface area contributed by atoms with Crippen LogP contribution in [0, 0.1) is 12.3 Å². The predicted octanol–water partition coefficient (Wildman–Crippen LogP) is 3.05. The monoisotopic (exact) mass is 291 g/mol. The van der Waals surface area contributed by atoms with Gasteiger partial charge in [0.05, 0.1) is 10.3 Å². The van der Waals surface area contributed by atoms with E-state index in [1.807, 2.05) is 31.2 Å². The summed E-state index contributed by atoms with van der Waals surface area (Å²) in [5, 5.41) is 12.8. The van der Waals surface area contributed by atoms with Crippen LogP contribution in [-0.2, 0) is 4.79 Å². The molecule has 0 fully saturated rings. The standard InChI is InChI=1S/C15H17NO3S/c1-9-10-6-4-5-7-11(10)20-12(9)13(17)16-8-15(2,3)14(18)19/h4-7H,8H2,1-3H3,(H,16,17)(H,18,19). The minimum atomic E-state index is -0.972. The topological polar surface area (TPSA) is 66.4 Å². The summed E-state index contributed by atoms with van der Waals surface area (Å²) in [6, 6.07) is 7.84. The molecule has 1 amide bonds. The Morgan fingerprint density at radius 2 is 1.95 bits per heavy atom. The summed E-state index contributed by atoms with van der Waals surface area (Å²) >= 11 is 1.43. The van der Waals surface area contributed by atoms with Crippen molar-refractivity contribution < 1.29 is 14.7 Å². The van der Waals surface area contributed by atoms with E-state index in [1.165, 1.54) is 11.3 Å². The van der Waals surface area contributed by atoms with Crippen molar-refractivity contribution in [3.8, 4) is 0 Å². The highest BCUT2D eigenvalue weighted by atomic mass is 32.1. The Balaban J connectivity index is 2.20. The molecule has 2 aromatic rings. The fourth-order valence-corrected chi connectivity index (χ4v) is 2.97. The molecule has 0 saturated carbocycles. The largest absolute Gasteiger partial charge is 0.481 e. The van der Waals surface area contributed by atoms with Crippen LogP contribution in [0.2, 0.25) is 0 Å². The molecule has 0 aliphatic carbocycles. The first kappa shape index (κ1) is 14.5. The predicted molar refractivity (Wildman–Crippen MR) is 80.3 cm³/mol. The van der Waals surface area contributed by atoms with E-state index >= 15 is 0 Å². The molecule has 2 N–H and O–H groups in total. The summed E-state index contributed by atoms with van der Waals surface area (Å²) in [7, 11) is 0. The van der Waals surface area contributed by atoms with Crippen molar-refractivity contribution >= 4 is 33.3 Å². The zero-order valence-electron chi connectivity index (χ0n) is 11.7. The summed E-state index contributed by atoms with van der Waals surface area (Å²) in [4.78, 5) is 23.9. The third-order valence-electron chi connectivity index (χ3n) is 3.32. The number of hydrogen-bond acceptors (Lipinski definition) is 3. The summed E-state index contributed by atoms with van der Waals surface area (Å²) in [5.41, 5.74) is -0.0310. The fraction of sp³-hybridized carbons (Fsp3) is 0.333. The zero-order chi connectivity index (χ0) is 14.9. The second-order valence-electron chi connectivity index (χ2n) is 5.42. The quantitative estimate of drug-likeness (QED) is 0.910. The van der Waals surface area contributed by atoms with Gasteiger partial charge in [0.1, 0.15) is 0 Å². The highest BCUT2D eigenvalue weighted by Crippen LogP contribution is 2.30. The Hall–Kier alpha value is -1.88. The van der Waals surface area contributed by atoms with Gasteiger partial charge in [-0.1, -0.05) is 18.2 Å². The van der Waals surface area contributed by atoms with E-state index < -0.39 is 11.4 Å². The second kappa shape index (κ2) is 5.25. The van der Waals surface area contributed by atoms with Crippen LogP contribution in [-0.4, -0.2) is 23.5 Å². The molecule has 0 aliphatic heterocycles. The van der Waals surface area contributed by atoms with Crippen molar-refractivity contribution in [1.29, 1.82) is 0 Å². The SMILES string of the molecule is Cc1c(C(=O)NCC(C)(C)C(=O)O)sc2ccccc12. The second-order valence-corrected chi connectivity index (χ2v) is 6.48. The number of aliphatic carboxylic acids is 1.